The van der Waals surface area contributed by atoms with Gasteiger partial charge >= 0.3 is 0 Å². The summed E-state index contributed by atoms with van der Waals surface area (Å²) >= 11 is 0. The lowest BCUT2D eigenvalue weighted by atomic mass is 10.2. The van der Waals surface area contributed by atoms with Crippen LogP contribution in [0.2, 0.25) is 0 Å². The van der Waals surface area contributed by atoms with Gasteiger partial charge in [-0.1, -0.05) is 78.7 Å². The maximum Gasteiger partial charge on any atom is 0.0857 e. The van der Waals surface area contributed by atoms with E-state index in [0.29, 0.717) is 0 Å². The van der Waals surface area contributed by atoms with Crippen LogP contribution >= 0.6 is 0 Å². The van der Waals surface area contributed by atoms with Crippen LogP contribution in [0.15, 0.2) is 89.1 Å². The lowest BCUT2D eigenvalue weighted by Crippen LogP contribution is -1.69. The van der Waals surface area contributed by atoms with Gasteiger partial charge < -0.3 is 0 Å². The fourth-order valence-corrected chi connectivity index (χ4v) is 1.87. The third-order valence-electron chi connectivity index (χ3n) is 3.29. The highest BCUT2D eigenvalue weighted by atomic mass is 15.1. The Morgan fingerprint density at radius 2 is 0.808 bits per heavy atom. The third kappa shape index (κ3) is 9.09. The lowest BCUT2D eigenvalue weighted by molar-refractivity contribution is 1.15. The van der Waals surface area contributed by atoms with E-state index in [4.69, 9.17) is 10.8 Å². The van der Waals surface area contributed by atoms with Crippen LogP contribution in [-0.4, -0.2) is 0 Å². The van der Waals surface area contributed by atoms with Crippen molar-refractivity contribution >= 4 is 11.4 Å². The summed E-state index contributed by atoms with van der Waals surface area (Å²) in [5.74, 6) is 0. The van der Waals surface area contributed by atoms with Gasteiger partial charge in [0.2, 0.25) is 0 Å². The molecule has 26 heavy (non-hydrogen) atoms. The molecule has 0 atom stereocenters. The predicted octanol–water partition coefficient (Wildman–Crippen LogP) is 7.38. The summed E-state index contributed by atoms with van der Waals surface area (Å²) in [5.41, 5.74) is 5.54. The molecule has 0 aliphatic carbocycles. The van der Waals surface area contributed by atoms with E-state index >= 15 is 0 Å². The Morgan fingerprint density at radius 1 is 0.500 bits per heavy atom. The summed E-state index contributed by atoms with van der Waals surface area (Å²) in [5, 5.41) is 20.3. The first-order valence-electron chi connectivity index (χ1n) is 7.90. The van der Waals surface area contributed by atoms with Crippen molar-refractivity contribution in [3.8, 4) is 0 Å². The van der Waals surface area contributed by atoms with Crippen molar-refractivity contribution in [1.82, 2.24) is 0 Å². The monoisotopic (exact) mass is 346 g/mol. The fourth-order valence-electron chi connectivity index (χ4n) is 1.87. The smallest absolute Gasteiger partial charge is 0.0857 e. The van der Waals surface area contributed by atoms with Crippen LogP contribution in [0.1, 0.15) is 24.1 Å². The SMILES string of the molecule is C.Cc1ccc(N=Nc2ccc(C)cc2)cc1.Cc1ccccc1.N#N. The molecule has 0 spiro atoms. The highest BCUT2D eigenvalue weighted by Gasteiger charge is 1.90. The number of hydrogen-bond donors (Lipinski definition) is 0. The molecule has 0 saturated heterocycles. The van der Waals surface area contributed by atoms with Gasteiger partial charge in [-0.05, 0) is 45.0 Å². The van der Waals surface area contributed by atoms with Crippen LogP contribution in [0.4, 0.5) is 11.4 Å². The molecule has 134 valence electrons. The van der Waals surface area contributed by atoms with Gasteiger partial charge in [-0.3, -0.25) is 0 Å². The van der Waals surface area contributed by atoms with E-state index in [1.54, 1.807) is 0 Å². The Bertz CT molecular complexity index is 726. The molecule has 3 aromatic carbocycles. The Kier molecular flexibility index (Phi) is 11.4. The highest BCUT2D eigenvalue weighted by Crippen LogP contribution is 2.18. The van der Waals surface area contributed by atoms with Gasteiger partial charge in [0.15, 0.2) is 0 Å². The number of hydrogen-bond acceptors (Lipinski definition) is 4. The zero-order valence-electron chi connectivity index (χ0n) is 14.8. The maximum absolute atomic E-state index is 6.00. The van der Waals surface area contributed by atoms with Crippen molar-refractivity contribution in [3.05, 3.63) is 95.6 Å². The molecule has 0 N–H and O–H groups in total. The molecule has 0 amide bonds. The minimum Gasteiger partial charge on any atom is -0.151 e. The van der Waals surface area contributed by atoms with E-state index in [1.165, 1.54) is 16.7 Å². The van der Waals surface area contributed by atoms with Crippen molar-refractivity contribution in [2.24, 2.45) is 10.2 Å². The molecule has 3 aromatic rings. The van der Waals surface area contributed by atoms with Crippen LogP contribution in [0.3, 0.4) is 0 Å². The number of benzene rings is 3. The molecular weight excluding hydrogens is 320 g/mol. The fraction of sp³-hybridized carbons (Fsp3) is 0.182. The van der Waals surface area contributed by atoms with Gasteiger partial charge in [-0.15, -0.1) is 0 Å². The summed E-state index contributed by atoms with van der Waals surface area (Å²) < 4.78 is 0. The molecule has 0 aliphatic heterocycles. The average molecular weight is 346 g/mol. The molecule has 0 saturated carbocycles. The standard InChI is InChI=1S/C14H14N2.C7H8.CH4.N2/c1-11-3-7-13(8-4-11)15-16-14-9-5-12(2)6-10-14;1-7-5-3-2-4-6-7;;1-2/h3-10H,1-2H3;2-6H,1H3;1H4;. The maximum atomic E-state index is 6.00. The molecular formula is C22H26N4. The molecule has 0 bridgehead atoms. The van der Waals surface area contributed by atoms with E-state index in [9.17, 15) is 0 Å². The van der Waals surface area contributed by atoms with Crippen molar-refractivity contribution in [3.63, 3.8) is 0 Å². The van der Waals surface area contributed by atoms with Crippen molar-refractivity contribution in [2.45, 2.75) is 28.2 Å². The molecule has 0 unspecified atom stereocenters. The normalized spacial score (nSPS) is 9.12. The van der Waals surface area contributed by atoms with E-state index in [0.717, 1.165) is 11.4 Å². The molecule has 0 heterocycles. The van der Waals surface area contributed by atoms with Crippen LogP contribution in [0, 0.1) is 31.6 Å². The van der Waals surface area contributed by atoms with E-state index in [2.05, 4.69) is 43.1 Å². The van der Waals surface area contributed by atoms with Crippen LogP contribution in [0.25, 0.3) is 0 Å². The molecule has 0 aromatic heterocycles. The average Bonchev–Trinajstić information content (AvgIpc) is 2.65. The Labute approximate surface area is 156 Å². The second kappa shape index (κ2) is 13.0. The zero-order chi connectivity index (χ0) is 18.5. The van der Waals surface area contributed by atoms with Gasteiger partial charge in [0.25, 0.3) is 0 Å². The van der Waals surface area contributed by atoms with E-state index in [-0.39, 0.29) is 7.43 Å². The summed E-state index contributed by atoms with van der Waals surface area (Å²) in [6.07, 6.45) is 0. The van der Waals surface area contributed by atoms with Gasteiger partial charge in [0.1, 0.15) is 0 Å². The van der Waals surface area contributed by atoms with Gasteiger partial charge in [-0.25, -0.2) is 0 Å². The summed E-state index contributed by atoms with van der Waals surface area (Å²) in [7, 11) is 0. The largest absolute Gasteiger partial charge is 0.151 e. The van der Waals surface area contributed by atoms with Crippen LogP contribution < -0.4 is 0 Å². The second-order valence-corrected chi connectivity index (χ2v) is 5.53. The second-order valence-electron chi connectivity index (χ2n) is 5.53. The van der Waals surface area contributed by atoms with Gasteiger partial charge in [0, 0.05) is 10.8 Å². The summed E-state index contributed by atoms with van der Waals surface area (Å²) in [4.78, 5) is 0. The number of rotatable bonds is 2. The summed E-state index contributed by atoms with van der Waals surface area (Å²) in [6.45, 7) is 6.20. The molecule has 4 nitrogen and oxygen atoms in total. The minimum atomic E-state index is 0. The number of nitrogens with zero attached hydrogens (tertiary/aromatic N) is 4. The van der Waals surface area contributed by atoms with Crippen LogP contribution in [-0.2, 0) is 0 Å². The van der Waals surface area contributed by atoms with E-state index < -0.39 is 0 Å². The summed E-state index contributed by atoms with van der Waals surface area (Å²) in [6, 6.07) is 26.2. The minimum absolute atomic E-state index is 0. The van der Waals surface area contributed by atoms with Crippen molar-refractivity contribution in [2.75, 3.05) is 0 Å². The quantitative estimate of drug-likeness (QED) is 0.358. The Hall–Kier alpha value is -3.32. The van der Waals surface area contributed by atoms with Crippen molar-refractivity contribution < 1.29 is 0 Å². The van der Waals surface area contributed by atoms with Crippen LogP contribution in [0.5, 0.6) is 0 Å². The zero-order valence-corrected chi connectivity index (χ0v) is 14.8. The van der Waals surface area contributed by atoms with E-state index in [1.807, 2.05) is 66.7 Å². The molecule has 0 fully saturated rings. The predicted molar refractivity (Wildman–Crippen MR) is 108 cm³/mol. The lowest BCUT2D eigenvalue weighted by Gasteiger charge is -1.95. The molecule has 0 aliphatic rings. The first-order valence-corrected chi connectivity index (χ1v) is 7.90. The first-order chi connectivity index (χ1) is 12.1. The first kappa shape index (κ1) is 22.7. The topological polar surface area (TPSA) is 72.3 Å². The molecule has 3 rings (SSSR count). The third-order valence-corrected chi connectivity index (χ3v) is 3.29. The number of azo groups is 1. The van der Waals surface area contributed by atoms with Gasteiger partial charge in [-0.2, -0.15) is 10.2 Å². The Morgan fingerprint density at radius 3 is 1.08 bits per heavy atom. The number of aryl methyl sites for hydroxylation is 3. The molecule has 4 heteroatoms. The molecule has 0 radical (unpaired) electrons. The van der Waals surface area contributed by atoms with Crippen molar-refractivity contribution in [1.29, 1.82) is 10.8 Å². The van der Waals surface area contributed by atoms with Gasteiger partial charge in [0.05, 0.1) is 11.4 Å². The highest BCUT2D eigenvalue weighted by molar-refractivity contribution is 5.41. The Balaban J connectivity index is 0.000000528.